The average Bonchev–Trinajstić information content (AvgIpc) is 3.54. The van der Waals surface area contributed by atoms with E-state index in [-0.39, 0.29) is 17.9 Å². The first-order valence-corrected chi connectivity index (χ1v) is 13.9. The smallest absolute Gasteiger partial charge is 0.411 e. The Bertz CT molecular complexity index is 1660. The number of aromatic nitrogens is 6. The van der Waals surface area contributed by atoms with Gasteiger partial charge >= 0.3 is 6.09 Å². The fraction of sp³-hybridized carbons (Fsp3) is 0.241. The quantitative estimate of drug-likeness (QED) is 0.274. The van der Waals surface area contributed by atoms with E-state index in [1.807, 2.05) is 6.07 Å². The van der Waals surface area contributed by atoms with E-state index in [0.717, 1.165) is 18.4 Å². The number of nitrogens with zero attached hydrogens (tertiary/aromatic N) is 6. The van der Waals surface area contributed by atoms with E-state index in [9.17, 15) is 14.4 Å². The van der Waals surface area contributed by atoms with E-state index in [1.165, 1.54) is 24.2 Å². The summed E-state index contributed by atoms with van der Waals surface area (Å²) < 4.78 is 6.17. The number of nitrogens with one attached hydrogen (secondary N) is 3. The summed E-state index contributed by atoms with van der Waals surface area (Å²) in [5.74, 6) is -0.469. The van der Waals surface area contributed by atoms with Crippen LogP contribution in [-0.2, 0) is 14.3 Å². The van der Waals surface area contributed by atoms with Crippen molar-refractivity contribution in [1.82, 2.24) is 35.7 Å². The van der Waals surface area contributed by atoms with Gasteiger partial charge in [-0.3, -0.25) is 14.9 Å². The standard InChI is InChI=1S/C29H28ClN9O4/c1-43-29(42)33-21-9-10-22-24(15-21)35-27(40)6-4-2-3-5-23(19-14-25(22)36-31-16-19)34-28(41)12-7-18-13-20(30)8-11-26(18)39-17-32-37-38-39/h7-17,23H,2-6H2,1H3,(H,33,42)(H,34,41)(H,35,40)/b12-7+. The lowest BCUT2D eigenvalue weighted by molar-refractivity contribution is -0.117. The molecular weight excluding hydrogens is 574 g/mol. The van der Waals surface area contributed by atoms with Crippen molar-refractivity contribution in [3.05, 3.63) is 77.2 Å². The highest BCUT2D eigenvalue weighted by molar-refractivity contribution is 6.30. The van der Waals surface area contributed by atoms with Crippen molar-refractivity contribution in [1.29, 1.82) is 0 Å². The van der Waals surface area contributed by atoms with Crippen LogP contribution in [0.15, 0.2) is 61.1 Å². The molecule has 1 aliphatic rings. The van der Waals surface area contributed by atoms with Crippen molar-refractivity contribution in [3.8, 4) is 16.9 Å². The zero-order valence-corrected chi connectivity index (χ0v) is 23.9. The number of hydrogen-bond donors (Lipinski definition) is 3. The SMILES string of the molecule is COC(=O)Nc1ccc2c(c1)NC(=O)CCCCCC(NC(=O)/C=C/c1cc(Cl)ccc1-n1cnnn1)c1cnnc-2c1. The molecule has 0 saturated heterocycles. The van der Waals surface area contributed by atoms with Crippen LogP contribution >= 0.6 is 11.6 Å². The summed E-state index contributed by atoms with van der Waals surface area (Å²) in [4.78, 5) is 37.6. The molecule has 220 valence electrons. The summed E-state index contributed by atoms with van der Waals surface area (Å²) in [5.41, 5.74) is 4.10. The highest BCUT2D eigenvalue weighted by Gasteiger charge is 2.19. The topological polar surface area (TPSA) is 166 Å². The van der Waals surface area contributed by atoms with Crippen molar-refractivity contribution in [2.24, 2.45) is 0 Å². The second-order valence-corrected chi connectivity index (χ2v) is 10.2. The highest BCUT2D eigenvalue weighted by Crippen LogP contribution is 2.32. The van der Waals surface area contributed by atoms with Gasteiger partial charge in [-0.25, -0.2) is 4.79 Å². The summed E-state index contributed by atoms with van der Waals surface area (Å²) >= 11 is 6.21. The molecule has 1 aliphatic heterocycles. The van der Waals surface area contributed by atoms with Crippen LogP contribution in [0.25, 0.3) is 23.0 Å². The number of carbonyl (C=O) groups is 3. The number of tetrazole rings is 1. The Kier molecular flexibility index (Phi) is 9.32. The molecule has 2 aromatic heterocycles. The number of anilines is 2. The Morgan fingerprint density at radius 3 is 2.81 bits per heavy atom. The molecule has 0 spiro atoms. The molecule has 14 heteroatoms. The largest absolute Gasteiger partial charge is 0.453 e. The Balaban J connectivity index is 1.42. The molecule has 3 heterocycles. The van der Waals surface area contributed by atoms with E-state index < -0.39 is 6.09 Å². The van der Waals surface area contributed by atoms with Crippen molar-refractivity contribution < 1.29 is 19.1 Å². The highest BCUT2D eigenvalue weighted by atomic mass is 35.5. The monoisotopic (exact) mass is 601 g/mol. The lowest BCUT2D eigenvalue weighted by Gasteiger charge is -2.19. The van der Waals surface area contributed by atoms with E-state index in [0.29, 0.717) is 58.2 Å². The number of methoxy groups -OCH3 is 1. The van der Waals surface area contributed by atoms with Gasteiger partial charge in [0.15, 0.2) is 0 Å². The normalized spacial score (nSPS) is 15.3. The molecule has 0 radical (unpaired) electrons. The fourth-order valence-corrected chi connectivity index (χ4v) is 4.87. The molecule has 3 N–H and O–H groups in total. The number of amides is 3. The summed E-state index contributed by atoms with van der Waals surface area (Å²) in [6.07, 6.45) is 8.72. The third-order valence-corrected chi connectivity index (χ3v) is 7.03. The van der Waals surface area contributed by atoms with Crippen LogP contribution in [0.1, 0.15) is 49.3 Å². The molecule has 13 nitrogen and oxygen atoms in total. The van der Waals surface area contributed by atoms with Crippen LogP contribution in [0.3, 0.4) is 0 Å². The van der Waals surface area contributed by atoms with Crippen LogP contribution in [0.5, 0.6) is 0 Å². The molecule has 1 atom stereocenters. The van der Waals surface area contributed by atoms with Gasteiger partial charge in [0.2, 0.25) is 11.8 Å². The maximum Gasteiger partial charge on any atom is 0.411 e. The van der Waals surface area contributed by atoms with E-state index in [2.05, 4.69) is 46.4 Å². The molecule has 0 aliphatic carbocycles. The van der Waals surface area contributed by atoms with Crippen molar-refractivity contribution in [2.45, 2.75) is 38.1 Å². The molecular formula is C29H28ClN9O4. The van der Waals surface area contributed by atoms with Gasteiger partial charge in [0.25, 0.3) is 0 Å². The minimum absolute atomic E-state index is 0.156. The van der Waals surface area contributed by atoms with Crippen LogP contribution in [0.4, 0.5) is 16.2 Å². The molecule has 5 rings (SSSR count). The number of carbonyl (C=O) groups excluding carboxylic acids is 3. The maximum absolute atomic E-state index is 13.2. The predicted octanol–water partition coefficient (Wildman–Crippen LogP) is 4.72. The lowest BCUT2D eigenvalue weighted by atomic mass is 9.99. The third kappa shape index (κ3) is 7.57. The van der Waals surface area contributed by atoms with Crippen molar-refractivity contribution >= 4 is 47.0 Å². The number of benzene rings is 2. The Morgan fingerprint density at radius 1 is 1.12 bits per heavy atom. The minimum atomic E-state index is -0.632. The van der Waals surface area contributed by atoms with Crippen LogP contribution < -0.4 is 16.0 Å². The van der Waals surface area contributed by atoms with Gasteiger partial charge in [0, 0.05) is 34.3 Å². The summed E-state index contributed by atoms with van der Waals surface area (Å²) in [7, 11) is 1.27. The second-order valence-electron chi connectivity index (χ2n) is 9.75. The fourth-order valence-electron chi connectivity index (χ4n) is 4.69. The van der Waals surface area contributed by atoms with E-state index in [4.69, 9.17) is 11.6 Å². The number of fused-ring (bicyclic) bond motifs is 4. The summed E-state index contributed by atoms with van der Waals surface area (Å²) in [5, 5.41) is 28.9. The predicted molar refractivity (Wildman–Crippen MR) is 159 cm³/mol. The van der Waals surface area contributed by atoms with E-state index >= 15 is 0 Å². The molecule has 2 bridgehead atoms. The maximum atomic E-state index is 13.2. The van der Waals surface area contributed by atoms with Gasteiger partial charge in [-0.05, 0) is 77.4 Å². The minimum Gasteiger partial charge on any atom is -0.453 e. The Morgan fingerprint density at radius 2 is 2.00 bits per heavy atom. The van der Waals surface area contributed by atoms with E-state index in [1.54, 1.807) is 48.7 Å². The zero-order chi connectivity index (χ0) is 30.2. The molecule has 0 saturated carbocycles. The number of halogens is 1. The van der Waals surface area contributed by atoms with Gasteiger partial charge in [-0.1, -0.05) is 24.4 Å². The van der Waals surface area contributed by atoms with Gasteiger partial charge in [-0.2, -0.15) is 14.9 Å². The van der Waals surface area contributed by atoms with Crippen molar-refractivity contribution in [3.63, 3.8) is 0 Å². The van der Waals surface area contributed by atoms with Crippen LogP contribution in [0.2, 0.25) is 5.02 Å². The van der Waals surface area contributed by atoms with Gasteiger partial charge in [-0.15, -0.1) is 5.10 Å². The molecule has 3 amide bonds. The Labute approximate surface area is 251 Å². The van der Waals surface area contributed by atoms with Crippen LogP contribution in [0, 0.1) is 0 Å². The first-order chi connectivity index (χ1) is 20.9. The van der Waals surface area contributed by atoms with Crippen LogP contribution in [-0.4, -0.2) is 55.4 Å². The third-order valence-electron chi connectivity index (χ3n) is 6.79. The molecule has 2 aromatic carbocycles. The summed E-state index contributed by atoms with van der Waals surface area (Å²) in [6, 6.07) is 11.7. The summed E-state index contributed by atoms with van der Waals surface area (Å²) in [6.45, 7) is 0. The first kappa shape index (κ1) is 29.3. The molecule has 0 fully saturated rings. The zero-order valence-electron chi connectivity index (χ0n) is 23.2. The lowest BCUT2D eigenvalue weighted by Crippen LogP contribution is -2.27. The first-order valence-electron chi connectivity index (χ1n) is 13.5. The molecule has 43 heavy (non-hydrogen) atoms. The molecule has 4 aromatic rings. The molecule has 1 unspecified atom stereocenters. The number of hydrogen-bond acceptors (Lipinski definition) is 9. The van der Waals surface area contributed by atoms with Gasteiger partial charge < -0.3 is 15.4 Å². The number of ether oxygens (including phenoxy) is 1. The second kappa shape index (κ2) is 13.7. The average molecular weight is 602 g/mol. The number of rotatable bonds is 5. The van der Waals surface area contributed by atoms with Gasteiger partial charge in [0.1, 0.15) is 6.33 Å². The Hall–Kier alpha value is -5.17. The van der Waals surface area contributed by atoms with Crippen molar-refractivity contribution in [2.75, 3.05) is 17.7 Å². The van der Waals surface area contributed by atoms with Gasteiger partial charge in [0.05, 0.1) is 36.4 Å².